The van der Waals surface area contributed by atoms with Crippen LogP contribution in [-0.2, 0) is 6.54 Å². The van der Waals surface area contributed by atoms with E-state index in [2.05, 4.69) is 5.32 Å². The highest BCUT2D eigenvalue weighted by Crippen LogP contribution is 2.32. The molecule has 5 nitrogen and oxygen atoms in total. The third kappa shape index (κ3) is 4.14. The fourth-order valence-corrected chi connectivity index (χ4v) is 3.49. The van der Waals surface area contributed by atoms with Gasteiger partial charge < -0.3 is 19.9 Å². The summed E-state index contributed by atoms with van der Waals surface area (Å²) < 4.78 is 12.5. The van der Waals surface area contributed by atoms with Crippen LogP contribution in [0.25, 0.3) is 11.5 Å². The van der Waals surface area contributed by atoms with Crippen molar-refractivity contribution in [3.05, 3.63) is 89.2 Å². The monoisotopic (exact) mass is 418 g/mol. The van der Waals surface area contributed by atoms with Crippen molar-refractivity contribution in [2.45, 2.75) is 20.4 Å². The molecule has 1 aliphatic heterocycles. The molecule has 0 aliphatic carbocycles. The second kappa shape index (κ2) is 8.55. The quantitative estimate of drug-likeness (QED) is 0.299. The van der Waals surface area contributed by atoms with E-state index in [4.69, 9.17) is 21.7 Å². The van der Waals surface area contributed by atoms with E-state index in [-0.39, 0.29) is 12.6 Å². The van der Waals surface area contributed by atoms with Crippen LogP contribution in [-0.4, -0.2) is 11.8 Å². The van der Waals surface area contributed by atoms with Crippen LogP contribution in [0.4, 0.5) is 0 Å². The normalized spacial score (nSPS) is 13.0. The minimum Gasteiger partial charge on any atom is -0.867 e. The molecule has 0 saturated carbocycles. The number of hydrogen-bond donors (Lipinski definition) is 1. The van der Waals surface area contributed by atoms with Gasteiger partial charge in [-0.2, -0.15) is 4.57 Å². The zero-order valence-electron chi connectivity index (χ0n) is 16.8. The van der Waals surface area contributed by atoms with Gasteiger partial charge in [-0.05, 0) is 54.0 Å². The minimum atomic E-state index is -0.127. The molecule has 0 spiro atoms. The molecular weight excluding hydrogens is 396 g/mol. The van der Waals surface area contributed by atoms with Crippen LogP contribution in [0, 0.1) is 13.8 Å². The SMILES string of the molecule is Cc1ccc(C([O-])=C(C(=S)NCc2ccc3c(c2)OCO3)[n+]2ccccc2)cc1C. The molecule has 0 unspecified atom stereocenters. The molecule has 2 aromatic carbocycles. The standard InChI is InChI=1S/C24H22N2O3S/c1-16-6-8-19(12-17(16)2)23(27)22(26-10-4-3-5-11-26)24(30)25-14-18-7-9-20-21(13-18)29-15-28-20/h3-13H,14-15H2,1-2H3,(H-,25,27,30). The van der Waals surface area contributed by atoms with E-state index in [0.717, 1.165) is 22.4 Å². The first-order chi connectivity index (χ1) is 14.5. The van der Waals surface area contributed by atoms with E-state index in [1.54, 1.807) is 4.57 Å². The molecule has 3 aromatic rings. The number of aromatic nitrogens is 1. The molecule has 0 bridgehead atoms. The molecule has 0 atom stereocenters. The Morgan fingerprint density at radius 1 is 1.00 bits per heavy atom. The number of ether oxygens (including phenoxy) is 2. The van der Waals surface area contributed by atoms with Crippen molar-refractivity contribution in [2.24, 2.45) is 0 Å². The maximum Gasteiger partial charge on any atom is 0.237 e. The number of pyridine rings is 1. The number of aryl methyl sites for hydroxylation is 2. The van der Waals surface area contributed by atoms with Gasteiger partial charge in [-0.1, -0.05) is 42.5 Å². The van der Waals surface area contributed by atoms with Crippen molar-refractivity contribution in [3.8, 4) is 11.5 Å². The van der Waals surface area contributed by atoms with Crippen molar-refractivity contribution < 1.29 is 19.1 Å². The maximum atomic E-state index is 13.4. The lowest BCUT2D eigenvalue weighted by Gasteiger charge is -2.18. The second-order valence-corrected chi connectivity index (χ2v) is 7.54. The average molecular weight is 419 g/mol. The Kier molecular flexibility index (Phi) is 5.68. The van der Waals surface area contributed by atoms with Gasteiger partial charge in [-0.25, -0.2) is 0 Å². The summed E-state index contributed by atoms with van der Waals surface area (Å²) in [4.78, 5) is 0.382. The summed E-state index contributed by atoms with van der Waals surface area (Å²) in [5.74, 6) is 1.32. The van der Waals surface area contributed by atoms with Gasteiger partial charge in [0.05, 0.1) is 0 Å². The Hall–Kier alpha value is -3.38. The summed E-state index contributed by atoms with van der Waals surface area (Å²) in [6.45, 7) is 4.72. The summed E-state index contributed by atoms with van der Waals surface area (Å²) in [5, 5.41) is 16.6. The Balaban J connectivity index is 1.64. The first-order valence-corrected chi connectivity index (χ1v) is 10.1. The van der Waals surface area contributed by atoms with E-state index in [9.17, 15) is 5.11 Å². The van der Waals surface area contributed by atoms with Crippen molar-refractivity contribution in [2.75, 3.05) is 6.79 Å². The molecule has 0 fully saturated rings. The highest BCUT2D eigenvalue weighted by Gasteiger charge is 2.19. The summed E-state index contributed by atoms with van der Waals surface area (Å²) in [7, 11) is 0. The van der Waals surface area contributed by atoms with E-state index < -0.39 is 0 Å². The fraction of sp³-hybridized carbons (Fsp3) is 0.167. The van der Waals surface area contributed by atoms with Crippen molar-refractivity contribution >= 4 is 28.7 Å². The Bertz CT molecular complexity index is 1130. The topological polar surface area (TPSA) is 57.4 Å². The minimum absolute atomic E-state index is 0.127. The van der Waals surface area contributed by atoms with Gasteiger partial charge in [-0.15, -0.1) is 0 Å². The molecule has 0 radical (unpaired) electrons. The third-order valence-corrected chi connectivity index (χ3v) is 5.40. The Morgan fingerprint density at radius 2 is 1.77 bits per heavy atom. The lowest BCUT2D eigenvalue weighted by molar-refractivity contribution is -0.578. The van der Waals surface area contributed by atoms with Crippen molar-refractivity contribution in [3.63, 3.8) is 0 Å². The van der Waals surface area contributed by atoms with E-state index in [0.29, 0.717) is 28.5 Å². The molecule has 1 aromatic heterocycles. The first kappa shape index (κ1) is 19.9. The van der Waals surface area contributed by atoms with E-state index in [1.807, 2.05) is 80.8 Å². The van der Waals surface area contributed by atoms with Crippen LogP contribution >= 0.6 is 12.2 Å². The number of nitrogens with one attached hydrogen (secondary N) is 1. The second-order valence-electron chi connectivity index (χ2n) is 7.13. The van der Waals surface area contributed by atoms with Crippen LogP contribution in [0.1, 0.15) is 22.3 Å². The molecule has 2 heterocycles. The summed E-state index contributed by atoms with van der Waals surface area (Å²) in [5.41, 5.74) is 4.21. The van der Waals surface area contributed by atoms with Crippen LogP contribution in [0.2, 0.25) is 0 Å². The highest BCUT2D eigenvalue weighted by atomic mass is 32.1. The van der Waals surface area contributed by atoms with Crippen LogP contribution < -0.4 is 24.5 Å². The van der Waals surface area contributed by atoms with Gasteiger partial charge in [-0.3, -0.25) is 0 Å². The number of hydrogen-bond acceptors (Lipinski definition) is 4. The molecule has 0 saturated heterocycles. The number of fused-ring (bicyclic) bond motifs is 1. The Labute approximate surface area is 181 Å². The third-order valence-electron chi connectivity index (χ3n) is 5.06. The lowest BCUT2D eigenvalue weighted by atomic mass is 10.0. The van der Waals surface area contributed by atoms with Crippen LogP contribution in [0.15, 0.2) is 67.0 Å². The summed E-state index contributed by atoms with van der Waals surface area (Å²) in [6.07, 6.45) is 3.64. The molecule has 152 valence electrons. The predicted molar refractivity (Wildman–Crippen MR) is 118 cm³/mol. The van der Waals surface area contributed by atoms with Gasteiger partial charge >= 0.3 is 0 Å². The molecule has 6 heteroatoms. The first-order valence-electron chi connectivity index (χ1n) is 9.65. The summed E-state index contributed by atoms with van der Waals surface area (Å²) >= 11 is 5.65. The van der Waals surface area contributed by atoms with Gasteiger partial charge in [0, 0.05) is 18.7 Å². The van der Waals surface area contributed by atoms with E-state index in [1.165, 1.54) is 0 Å². The smallest absolute Gasteiger partial charge is 0.237 e. The molecule has 0 amide bonds. The molecule has 30 heavy (non-hydrogen) atoms. The maximum absolute atomic E-state index is 13.4. The van der Waals surface area contributed by atoms with Crippen LogP contribution in [0.3, 0.4) is 0 Å². The lowest BCUT2D eigenvalue weighted by Crippen LogP contribution is -2.42. The van der Waals surface area contributed by atoms with E-state index >= 15 is 0 Å². The summed E-state index contributed by atoms with van der Waals surface area (Å²) in [6, 6.07) is 17.1. The van der Waals surface area contributed by atoms with Gasteiger partial charge in [0.25, 0.3) is 0 Å². The van der Waals surface area contributed by atoms with Gasteiger partial charge in [0.2, 0.25) is 12.5 Å². The average Bonchev–Trinajstić information content (AvgIpc) is 3.23. The molecule has 1 aliphatic rings. The zero-order valence-corrected chi connectivity index (χ0v) is 17.7. The number of benzene rings is 2. The fourth-order valence-electron chi connectivity index (χ4n) is 3.22. The van der Waals surface area contributed by atoms with Crippen LogP contribution in [0.5, 0.6) is 11.5 Å². The zero-order chi connectivity index (χ0) is 21.1. The molecule has 4 rings (SSSR count). The molecule has 1 N–H and O–H groups in total. The number of nitrogens with zero attached hydrogens (tertiary/aromatic N) is 1. The molecular formula is C24H22N2O3S. The van der Waals surface area contributed by atoms with Crippen molar-refractivity contribution in [1.29, 1.82) is 0 Å². The Morgan fingerprint density at radius 3 is 2.53 bits per heavy atom. The predicted octanol–water partition coefficient (Wildman–Crippen LogP) is 3.12. The number of thiocarbonyl (C=S) groups is 1. The largest absolute Gasteiger partial charge is 0.867 e. The van der Waals surface area contributed by atoms with Gasteiger partial charge in [0.1, 0.15) is 0 Å². The number of rotatable bonds is 5. The highest BCUT2D eigenvalue weighted by molar-refractivity contribution is 7.81. The van der Waals surface area contributed by atoms with Crippen molar-refractivity contribution in [1.82, 2.24) is 5.32 Å². The van der Waals surface area contributed by atoms with Gasteiger partial charge in [0.15, 0.2) is 28.9 Å².